The Morgan fingerprint density at radius 1 is 1.29 bits per heavy atom. The quantitative estimate of drug-likeness (QED) is 0.849. The summed E-state index contributed by atoms with van der Waals surface area (Å²) in [7, 11) is 0. The summed E-state index contributed by atoms with van der Waals surface area (Å²) in [6.45, 7) is 8.31. The van der Waals surface area contributed by atoms with Crippen molar-refractivity contribution < 1.29 is 9.90 Å². The van der Waals surface area contributed by atoms with Gasteiger partial charge in [0.15, 0.2) is 0 Å². The zero-order valence-corrected chi connectivity index (χ0v) is 11.0. The lowest BCUT2D eigenvalue weighted by Crippen LogP contribution is -2.10. The van der Waals surface area contributed by atoms with E-state index < -0.39 is 11.9 Å². The summed E-state index contributed by atoms with van der Waals surface area (Å²) in [5, 5.41) is 9.11. The molecule has 1 N–H and O–H groups in total. The van der Waals surface area contributed by atoms with Crippen molar-refractivity contribution in [1.82, 2.24) is 0 Å². The van der Waals surface area contributed by atoms with Gasteiger partial charge in [-0.1, -0.05) is 26.0 Å². The standard InChI is InChI=1S/C15H20O2/c1-9-5-11-7-15(3,4)8-12(11)6-13(9)10(2)14(16)17/h5-6,10H,7-8H2,1-4H3,(H,16,17). The minimum absolute atomic E-state index is 0.319. The monoisotopic (exact) mass is 232 g/mol. The van der Waals surface area contributed by atoms with Crippen LogP contribution in [-0.4, -0.2) is 11.1 Å². The molecular weight excluding hydrogens is 212 g/mol. The Morgan fingerprint density at radius 3 is 2.35 bits per heavy atom. The minimum atomic E-state index is -0.745. The van der Waals surface area contributed by atoms with E-state index in [0.717, 1.165) is 24.0 Å². The molecule has 0 fully saturated rings. The molecule has 1 aliphatic rings. The number of aryl methyl sites for hydroxylation is 1. The topological polar surface area (TPSA) is 37.3 Å². The third-order valence-corrected chi connectivity index (χ3v) is 3.76. The number of hydrogen-bond donors (Lipinski definition) is 1. The predicted molar refractivity (Wildman–Crippen MR) is 68.4 cm³/mol. The second-order valence-electron chi connectivity index (χ2n) is 6.06. The van der Waals surface area contributed by atoms with Gasteiger partial charge in [0.25, 0.3) is 0 Å². The first-order chi connectivity index (χ1) is 7.80. The molecule has 1 aliphatic carbocycles. The fraction of sp³-hybridized carbons (Fsp3) is 0.533. The van der Waals surface area contributed by atoms with Gasteiger partial charge in [0, 0.05) is 0 Å². The van der Waals surface area contributed by atoms with E-state index in [1.807, 2.05) is 6.92 Å². The molecule has 0 bridgehead atoms. The summed E-state index contributed by atoms with van der Waals surface area (Å²) in [4.78, 5) is 11.1. The highest BCUT2D eigenvalue weighted by molar-refractivity contribution is 5.76. The molecule has 2 rings (SSSR count). The zero-order valence-electron chi connectivity index (χ0n) is 11.0. The Bertz CT molecular complexity index is 472. The Labute approximate surface area is 103 Å². The van der Waals surface area contributed by atoms with Crippen LogP contribution < -0.4 is 0 Å². The van der Waals surface area contributed by atoms with Crippen molar-refractivity contribution >= 4 is 5.97 Å². The number of carboxylic acid groups (broad SMARTS) is 1. The maximum Gasteiger partial charge on any atom is 0.310 e. The van der Waals surface area contributed by atoms with Crippen molar-refractivity contribution in [3.63, 3.8) is 0 Å². The third kappa shape index (κ3) is 2.21. The lowest BCUT2D eigenvalue weighted by atomic mass is 9.90. The second kappa shape index (κ2) is 3.86. The summed E-state index contributed by atoms with van der Waals surface area (Å²) < 4.78 is 0. The van der Waals surface area contributed by atoms with Gasteiger partial charge in [-0.25, -0.2) is 0 Å². The van der Waals surface area contributed by atoms with Gasteiger partial charge in [0.1, 0.15) is 0 Å². The average Bonchev–Trinajstić information content (AvgIpc) is 2.48. The van der Waals surface area contributed by atoms with Crippen molar-refractivity contribution in [2.75, 3.05) is 0 Å². The molecule has 0 saturated heterocycles. The molecule has 1 aromatic carbocycles. The van der Waals surface area contributed by atoms with Crippen LogP contribution in [0.3, 0.4) is 0 Å². The first-order valence-corrected chi connectivity index (χ1v) is 6.15. The van der Waals surface area contributed by atoms with Crippen LogP contribution in [0.2, 0.25) is 0 Å². The Morgan fingerprint density at radius 2 is 1.82 bits per heavy atom. The van der Waals surface area contributed by atoms with Crippen molar-refractivity contribution in [1.29, 1.82) is 0 Å². The van der Waals surface area contributed by atoms with Crippen LogP contribution in [0.15, 0.2) is 12.1 Å². The van der Waals surface area contributed by atoms with Gasteiger partial charge in [-0.15, -0.1) is 0 Å². The summed E-state index contributed by atoms with van der Waals surface area (Å²) in [6.07, 6.45) is 2.16. The number of carbonyl (C=O) groups is 1. The molecule has 1 aromatic rings. The van der Waals surface area contributed by atoms with Gasteiger partial charge in [-0.2, -0.15) is 0 Å². The van der Waals surface area contributed by atoms with Crippen molar-refractivity contribution in [2.24, 2.45) is 5.41 Å². The molecule has 1 atom stereocenters. The van der Waals surface area contributed by atoms with Crippen molar-refractivity contribution in [3.8, 4) is 0 Å². The Balaban J connectivity index is 2.44. The van der Waals surface area contributed by atoms with Crippen LogP contribution in [-0.2, 0) is 17.6 Å². The average molecular weight is 232 g/mol. The number of carboxylic acids is 1. The molecule has 1 unspecified atom stereocenters. The van der Waals surface area contributed by atoms with E-state index in [-0.39, 0.29) is 0 Å². The first kappa shape index (κ1) is 12.2. The summed E-state index contributed by atoms with van der Waals surface area (Å²) in [5.74, 6) is -1.16. The molecule has 0 heterocycles. The van der Waals surface area contributed by atoms with Crippen LogP contribution in [0.25, 0.3) is 0 Å². The van der Waals surface area contributed by atoms with E-state index >= 15 is 0 Å². The van der Waals surface area contributed by atoms with E-state index in [1.54, 1.807) is 6.92 Å². The first-order valence-electron chi connectivity index (χ1n) is 6.15. The second-order valence-corrected chi connectivity index (χ2v) is 6.06. The molecule has 0 saturated carbocycles. The SMILES string of the molecule is Cc1cc2c(cc1C(C)C(=O)O)CC(C)(C)C2. The lowest BCUT2D eigenvalue weighted by molar-refractivity contribution is -0.138. The maximum atomic E-state index is 11.1. The van der Waals surface area contributed by atoms with Gasteiger partial charge in [-0.3, -0.25) is 4.79 Å². The summed E-state index contributed by atoms with van der Waals surface area (Å²) in [5.41, 5.74) is 5.13. The van der Waals surface area contributed by atoms with E-state index in [2.05, 4.69) is 26.0 Å². The molecule has 0 amide bonds. The highest BCUT2D eigenvalue weighted by atomic mass is 16.4. The van der Waals surface area contributed by atoms with Crippen LogP contribution >= 0.6 is 0 Å². The van der Waals surface area contributed by atoms with Crippen LogP contribution in [0.1, 0.15) is 48.9 Å². The third-order valence-electron chi connectivity index (χ3n) is 3.76. The number of fused-ring (bicyclic) bond motifs is 1. The maximum absolute atomic E-state index is 11.1. The van der Waals surface area contributed by atoms with E-state index in [1.165, 1.54) is 11.1 Å². The number of aliphatic carboxylic acids is 1. The van der Waals surface area contributed by atoms with E-state index in [9.17, 15) is 4.79 Å². The lowest BCUT2D eigenvalue weighted by Gasteiger charge is -2.14. The van der Waals surface area contributed by atoms with Crippen LogP contribution in [0.4, 0.5) is 0 Å². The largest absolute Gasteiger partial charge is 0.481 e. The molecule has 0 radical (unpaired) electrons. The zero-order chi connectivity index (χ0) is 12.8. The number of hydrogen-bond acceptors (Lipinski definition) is 1. The fourth-order valence-electron chi connectivity index (χ4n) is 2.85. The van der Waals surface area contributed by atoms with Gasteiger partial charge < -0.3 is 5.11 Å². The van der Waals surface area contributed by atoms with Crippen LogP contribution in [0, 0.1) is 12.3 Å². The molecule has 2 heteroatoms. The van der Waals surface area contributed by atoms with Gasteiger partial charge in [0.2, 0.25) is 0 Å². The van der Waals surface area contributed by atoms with Crippen molar-refractivity contribution in [3.05, 3.63) is 34.4 Å². The van der Waals surface area contributed by atoms with Gasteiger partial charge in [0.05, 0.1) is 5.92 Å². The predicted octanol–water partition coefficient (Wildman–Crippen LogP) is 3.31. The number of benzene rings is 1. The Kier molecular flexibility index (Phi) is 2.76. The Hall–Kier alpha value is -1.31. The normalized spacial score (nSPS) is 18.8. The van der Waals surface area contributed by atoms with E-state index in [0.29, 0.717) is 5.41 Å². The summed E-state index contributed by atoms with van der Waals surface area (Å²) >= 11 is 0. The molecule has 0 spiro atoms. The molecule has 92 valence electrons. The van der Waals surface area contributed by atoms with Gasteiger partial charge >= 0.3 is 5.97 Å². The molecule has 0 aromatic heterocycles. The van der Waals surface area contributed by atoms with Crippen molar-refractivity contribution in [2.45, 2.75) is 46.5 Å². The molecular formula is C15H20O2. The smallest absolute Gasteiger partial charge is 0.310 e. The number of rotatable bonds is 2. The minimum Gasteiger partial charge on any atom is -0.481 e. The highest BCUT2D eigenvalue weighted by Crippen LogP contribution is 2.38. The summed E-state index contributed by atoms with van der Waals surface area (Å²) in [6, 6.07) is 4.29. The fourth-order valence-corrected chi connectivity index (χ4v) is 2.85. The molecule has 2 nitrogen and oxygen atoms in total. The molecule has 17 heavy (non-hydrogen) atoms. The van der Waals surface area contributed by atoms with E-state index in [4.69, 9.17) is 5.11 Å². The van der Waals surface area contributed by atoms with Crippen LogP contribution in [0.5, 0.6) is 0 Å². The van der Waals surface area contributed by atoms with Gasteiger partial charge in [-0.05, 0) is 54.4 Å². The highest BCUT2D eigenvalue weighted by Gasteiger charge is 2.29. The molecule has 0 aliphatic heterocycles.